The van der Waals surface area contributed by atoms with Crippen LogP contribution in [0.5, 0.6) is 11.5 Å². The van der Waals surface area contributed by atoms with Crippen molar-refractivity contribution in [3.8, 4) is 11.5 Å². The maximum atomic E-state index is 13.5. The summed E-state index contributed by atoms with van der Waals surface area (Å²) in [5, 5.41) is 14.2. The number of benzene rings is 1. The number of aromatic hydroxyl groups is 1. The number of Topliss-reactive ketones (excluding diaryl/α,β-unsaturated/α-hetero) is 1. The molecule has 1 saturated heterocycles. The lowest BCUT2D eigenvalue weighted by molar-refractivity contribution is -0.150. The van der Waals surface area contributed by atoms with Gasteiger partial charge in [0.2, 0.25) is 5.91 Å². The molecule has 3 fully saturated rings. The fourth-order valence-corrected chi connectivity index (χ4v) is 7.52. The molecule has 2 aliphatic heterocycles. The number of nitrogens with zero attached hydrogens (tertiary/aromatic N) is 2. The van der Waals surface area contributed by atoms with Gasteiger partial charge in [-0.1, -0.05) is 12.1 Å². The number of ketones is 1. The molecule has 3 aliphatic carbocycles. The fourth-order valence-electron chi connectivity index (χ4n) is 7.52. The second kappa shape index (κ2) is 7.04. The molecule has 2 saturated carbocycles. The van der Waals surface area contributed by atoms with Crippen LogP contribution in [0.4, 0.5) is 0 Å². The highest BCUT2D eigenvalue weighted by molar-refractivity contribution is 5.91. The van der Waals surface area contributed by atoms with Crippen molar-refractivity contribution in [2.45, 2.75) is 68.0 Å². The lowest BCUT2D eigenvalue weighted by Gasteiger charge is -2.65. The Kier molecular flexibility index (Phi) is 4.23. The number of phenolic OH excluding ortho intramolecular Hbond substituents is 1. The predicted molar refractivity (Wildman–Crippen MR) is 124 cm³/mol. The Balaban J connectivity index is 1.37. The van der Waals surface area contributed by atoms with Gasteiger partial charge in [0.15, 0.2) is 23.4 Å². The van der Waals surface area contributed by atoms with Crippen LogP contribution in [0.3, 0.4) is 0 Å². The normalized spacial score (nSPS) is 33.2. The SMILES string of the molecule is O=C(Cc1ccccn1)N[C@@]12CCC(=O)[C@@H]3Oc4c(O)ccc5c4[C@@]31CCN(CC1CC1)[C@@H]2C5. The maximum Gasteiger partial charge on any atom is 0.226 e. The summed E-state index contributed by atoms with van der Waals surface area (Å²) in [7, 11) is 0. The van der Waals surface area contributed by atoms with E-state index in [0.29, 0.717) is 18.6 Å². The van der Waals surface area contributed by atoms with Gasteiger partial charge in [0, 0.05) is 36.5 Å². The molecule has 7 rings (SSSR count). The van der Waals surface area contributed by atoms with E-state index in [4.69, 9.17) is 4.74 Å². The van der Waals surface area contributed by atoms with E-state index in [9.17, 15) is 14.7 Å². The van der Waals surface area contributed by atoms with Crippen molar-refractivity contribution in [3.05, 3.63) is 53.3 Å². The molecule has 1 amide bonds. The van der Waals surface area contributed by atoms with Crippen LogP contribution in [0.15, 0.2) is 36.5 Å². The third kappa shape index (κ3) is 2.64. The number of hydrogen-bond donors (Lipinski definition) is 2. The van der Waals surface area contributed by atoms with E-state index in [0.717, 1.165) is 48.7 Å². The number of phenols is 1. The third-order valence-electron chi connectivity index (χ3n) is 9.04. The van der Waals surface area contributed by atoms with Crippen LogP contribution in [0.1, 0.15) is 48.9 Å². The number of rotatable bonds is 5. The van der Waals surface area contributed by atoms with Crippen LogP contribution in [0.2, 0.25) is 0 Å². The molecule has 176 valence electrons. The molecular weight excluding hydrogens is 430 g/mol. The molecule has 5 aliphatic rings. The van der Waals surface area contributed by atoms with Gasteiger partial charge in [0.05, 0.1) is 17.4 Å². The Hall–Kier alpha value is -2.93. The minimum atomic E-state index is -0.663. The Morgan fingerprint density at radius 3 is 2.91 bits per heavy atom. The highest BCUT2D eigenvalue weighted by atomic mass is 16.5. The van der Waals surface area contributed by atoms with Crippen molar-refractivity contribution < 1.29 is 19.4 Å². The van der Waals surface area contributed by atoms with Crippen LogP contribution in [0.25, 0.3) is 0 Å². The average molecular weight is 460 g/mol. The number of ether oxygens (including phenoxy) is 1. The highest BCUT2D eigenvalue weighted by Crippen LogP contribution is 2.65. The smallest absolute Gasteiger partial charge is 0.226 e. The van der Waals surface area contributed by atoms with Gasteiger partial charge in [-0.3, -0.25) is 19.5 Å². The molecule has 34 heavy (non-hydrogen) atoms. The van der Waals surface area contributed by atoms with Crippen LogP contribution >= 0.6 is 0 Å². The first-order valence-corrected chi connectivity index (χ1v) is 12.5. The summed E-state index contributed by atoms with van der Waals surface area (Å²) in [4.78, 5) is 33.7. The molecule has 3 heterocycles. The second-order valence-corrected chi connectivity index (χ2v) is 10.8. The van der Waals surface area contributed by atoms with Gasteiger partial charge in [0.1, 0.15) is 0 Å². The average Bonchev–Trinajstić information content (AvgIpc) is 3.57. The fraction of sp³-hybridized carbons (Fsp3) is 0.519. The number of piperidine rings is 1. The lowest BCUT2D eigenvalue weighted by Crippen LogP contribution is -2.82. The van der Waals surface area contributed by atoms with E-state index in [2.05, 4.69) is 15.2 Å². The number of likely N-dealkylation sites (tertiary alicyclic amines) is 1. The molecule has 4 atom stereocenters. The largest absolute Gasteiger partial charge is 0.504 e. The van der Waals surface area contributed by atoms with E-state index in [1.807, 2.05) is 24.3 Å². The van der Waals surface area contributed by atoms with Crippen molar-refractivity contribution in [1.82, 2.24) is 15.2 Å². The van der Waals surface area contributed by atoms with Crippen molar-refractivity contribution in [2.75, 3.05) is 13.1 Å². The monoisotopic (exact) mass is 459 g/mol. The number of amides is 1. The topological polar surface area (TPSA) is 91.8 Å². The summed E-state index contributed by atoms with van der Waals surface area (Å²) >= 11 is 0. The summed E-state index contributed by atoms with van der Waals surface area (Å²) < 4.78 is 6.29. The van der Waals surface area contributed by atoms with Crippen LogP contribution in [-0.4, -0.2) is 57.5 Å². The Morgan fingerprint density at radius 1 is 1.24 bits per heavy atom. The van der Waals surface area contributed by atoms with E-state index in [1.54, 1.807) is 12.3 Å². The zero-order valence-corrected chi connectivity index (χ0v) is 19.1. The molecule has 7 nitrogen and oxygen atoms in total. The number of carbonyl (C=O) groups excluding carboxylic acids is 2. The minimum absolute atomic E-state index is 0.0681. The Morgan fingerprint density at radius 2 is 2.12 bits per heavy atom. The first kappa shape index (κ1) is 20.4. The van der Waals surface area contributed by atoms with Crippen molar-refractivity contribution in [2.24, 2.45) is 5.92 Å². The van der Waals surface area contributed by atoms with Gasteiger partial charge >= 0.3 is 0 Å². The molecule has 1 spiro atoms. The van der Waals surface area contributed by atoms with Crippen LogP contribution in [-0.2, 0) is 27.8 Å². The summed E-state index contributed by atoms with van der Waals surface area (Å²) in [5.41, 5.74) is 1.58. The highest BCUT2D eigenvalue weighted by Gasteiger charge is 2.73. The van der Waals surface area contributed by atoms with Crippen LogP contribution < -0.4 is 10.1 Å². The molecule has 2 N–H and O–H groups in total. The van der Waals surface area contributed by atoms with Gasteiger partial charge in [0.25, 0.3) is 0 Å². The summed E-state index contributed by atoms with van der Waals surface area (Å²) in [5.74, 6) is 1.28. The molecular formula is C27H29N3O4. The zero-order chi connectivity index (χ0) is 23.1. The first-order chi connectivity index (χ1) is 16.5. The van der Waals surface area contributed by atoms with Crippen molar-refractivity contribution >= 4 is 11.7 Å². The Labute approximate surface area is 198 Å². The van der Waals surface area contributed by atoms with Crippen LogP contribution in [0, 0.1) is 5.92 Å². The Bertz CT molecular complexity index is 1200. The molecule has 0 unspecified atom stereocenters. The van der Waals surface area contributed by atoms with E-state index >= 15 is 0 Å². The third-order valence-corrected chi connectivity index (χ3v) is 9.04. The van der Waals surface area contributed by atoms with Gasteiger partial charge in [-0.2, -0.15) is 0 Å². The quantitative estimate of drug-likeness (QED) is 0.713. The lowest BCUT2D eigenvalue weighted by atomic mass is 9.47. The molecule has 2 aromatic rings. The van der Waals surface area contributed by atoms with Crippen molar-refractivity contribution in [3.63, 3.8) is 0 Å². The van der Waals surface area contributed by atoms with E-state index in [1.165, 1.54) is 12.8 Å². The summed E-state index contributed by atoms with van der Waals surface area (Å²) in [6, 6.07) is 9.39. The summed E-state index contributed by atoms with van der Waals surface area (Å²) in [6.07, 6.45) is 6.27. The second-order valence-electron chi connectivity index (χ2n) is 10.8. The van der Waals surface area contributed by atoms with E-state index in [-0.39, 0.29) is 29.9 Å². The van der Waals surface area contributed by atoms with Gasteiger partial charge < -0.3 is 15.2 Å². The predicted octanol–water partition coefficient (Wildman–Crippen LogP) is 2.29. The van der Waals surface area contributed by atoms with Gasteiger partial charge in [-0.05, 0) is 68.3 Å². The molecule has 2 bridgehead atoms. The number of carbonyl (C=O) groups is 2. The van der Waals surface area contributed by atoms with Crippen molar-refractivity contribution in [1.29, 1.82) is 0 Å². The maximum absolute atomic E-state index is 13.5. The zero-order valence-electron chi connectivity index (χ0n) is 19.1. The summed E-state index contributed by atoms with van der Waals surface area (Å²) in [6.45, 7) is 1.92. The standard InChI is InChI=1S/C27H29N3O4/c31-19-7-6-17-13-21-27(29-22(33)14-18-3-1-2-11-28-18)9-8-20(32)25-26(27,23(17)24(19)34-25)10-12-30(21)15-16-4-5-16/h1-3,6-7,11,16,21,25,31H,4-5,8-10,12-15H2,(H,29,33)/t21-,25+,26+,27-/m1/s1. The van der Waals surface area contributed by atoms with E-state index < -0.39 is 17.1 Å². The molecule has 1 aromatic carbocycles. The number of pyridine rings is 1. The molecule has 1 aromatic heterocycles. The van der Waals surface area contributed by atoms with Gasteiger partial charge in [-0.25, -0.2) is 0 Å². The molecule has 7 heteroatoms. The number of hydrogen-bond acceptors (Lipinski definition) is 6. The first-order valence-electron chi connectivity index (χ1n) is 12.5. The minimum Gasteiger partial charge on any atom is -0.504 e. The molecule has 0 radical (unpaired) electrons. The number of nitrogens with one attached hydrogen (secondary N) is 1. The van der Waals surface area contributed by atoms with Gasteiger partial charge in [-0.15, -0.1) is 0 Å². The number of aromatic nitrogens is 1.